The van der Waals surface area contributed by atoms with E-state index < -0.39 is 5.97 Å². The van der Waals surface area contributed by atoms with Crippen molar-refractivity contribution in [3.8, 4) is 0 Å². The number of carbonyl (C=O) groups excluding carboxylic acids is 1. The summed E-state index contributed by atoms with van der Waals surface area (Å²) in [5.74, 6) is -0.431. The van der Waals surface area contributed by atoms with Gasteiger partial charge in [0.1, 0.15) is 6.61 Å². The molecule has 0 saturated heterocycles. The third-order valence-electron chi connectivity index (χ3n) is 1.44. The van der Waals surface area contributed by atoms with Crippen molar-refractivity contribution in [2.24, 2.45) is 0 Å². The molecule has 0 aliphatic heterocycles. The van der Waals surface area contributed by atoms with Crippen LogP contribution in [0.4, 0.5) is 0 Å². The van der Waals surface area contributed by atoms with Gasteiger partial charge in [-0.15, -0.1) is 0 Å². The van der Waals surface area contributed by atoms with Crippen LogP contribution in [0, 0.1) is 0 Å². The summed E-state index contributed by atoms with van der Waals surface area (Å²) in [6.45, 7) is 3.52. The van der Waals surface area contributed by atoms with Crippen LogP contribution in [-0.4, -0.2) is 5.97 Å². The predicted octanol–water partition coefficient (Wildman–Crippen LogP) is 2.57. The lowest BCUT2D eigenvalue weighted by Crippen LogP contribution is -1.99. The Labute approximate surface area is 81.8 Å². The van der Waals surface area contributed by atoms with Crippen LogP contribution in [0.5, 0.6) is 0 Å². The highest BCUT2D eigenvalue weighted by Crippen LogP contribution is 2.11. The molecule has 1 aromatic rings. The van der Waals surface area contributed by atoms with Gasteiger partial charge in [0.2, 0.25) is 0 Å². The van der Waals surface area contributed by atoms with Crippen molar-refractivity contribution in [3.63, 3.8) is 0 Å². The van der Waals surface area contributed by atoms with Gasteiger partial charge in [-0.3, -0.25) is 0 Å². The van der Waals surface area contributed by atoms with Gasteiger partial charge < -0.3 is 4.74 Å². The Hall–Kier alpha value is -1.28. The van der Waals surface area contributed by atoms with Crippen LogP contribution in [0.3, 0.4) is 0 Å². The maximum atomic E-state index is 10.7. The molecule has 0 aliphatic rings. The van der Waals surface area contributed by atoms with Crippen molar-refractivity contribution < 1.29 is 9.53 Å². The van der Waals surface area contributed by atoms with Crippen LogP contribution in [-0.2, 0) is 16.1 Å². The molecule has 0 amide bonds. The van der Waals surface area contributed by atoms with Crippen molar-refractivity contribution in [2.75, 3.05) is 0 Å². The van der Waals surface area contributed by atoms with E-state index in [9.17, 15) is 4.79 Å². The van der Waals surface area contributed by atoms with Crippen LogP contribution in [0.2, 0.25) is 5.02 Å². The lowest BCUT2D eigenvalue weighted by atomic mass is 10.2. The molecule has 1 aromatic carbocycles. The molecule has 13 heavy (non-hydrogen) atoms. The Morgan fingerprint density at radius 3 is 3.00 bits per heavy atom. The van der Waals surface area contributed by atoms with Crippen LogP contribution in [0.1, 0.15) is 5.56 Å². The molecule has 0 radical (unpaired) electrons. The largest absolute Gasteiger partial charge is 0.458 e. The first kappa shape index (κ1) is 9.81. The van der Waals surface area contributed by atoms with E-state index in [2.05, 4.69) is 6.58 Å². The van der Waals surface area contributed by atoms with Crippen LogP contribution in [0.15, 0.2) is 36.9 Å². The Kier molecular flexibility index (Phi) is 3.53. The second kappa shape index (κ2) is 4.67. The number of halogens is 1. The maximum absolute atomic E-state index is 10.7. The van der Waals surface area contributed by atoms with E-state index in [1.54, 1.807) is 18.2 Å². The normalized spacial score (nSPS) is 9.31. The molecule has 0 atom stereocenters. The summed E-state index contributed by atoms with van der Waals surface area (Å²) in [5.41, 5.74) is 0.864. The smallest absolute Gasteiger partial charge is 0.330 e. The third-order valence-corrected chi connectivity index (χ3v) is 1.67. The summed E-state index contributed by atoms with van der Waals surface area (Å²) in [5, 5.41) is 0.632. The predicted molar refractivity (Wildman–Crippen MR) is 51.4 cm³/mol. The molecular formula is C10H9ClO2. The first-order valence-electron chi connectivity index (χ1n) is 3.76. The van der Waals surface area contributed by atoms with E-state index in [-0.39, 0.29) is 6.61 Å². The van der Waals surface area contributed by atoms with E-state index in [4.69, 9.17) is 16.3 Å². The molecular weight excluding hydrogens is 188 g/mol. The molecule has 0 saturated carbocycles. The average Bonchev–Trinajstić information content (AvgIpc) is 2.14. The molecule has 1 rings (SSSR count). The number of carbonyl (C=O) groups is 1. The summed E-state index contributed by atoms with van der Waals surface area (Å²) in [6.07, 6.45) is 1.13. The molecule has 0 aromatic heterocycles. The monoisotopic (exact) mass is 196 g/mol. The van der Waals surface area contributed by atoms with Gasteiger partial charge in [0, 0.05) is 11.1 Å². The minimum atomic E-state index is -0.431. The van der Waals surface area contributed by atoms with Crippen LogP contribution >= 0.6 is 11.6 Å². The molecule has 68 valence electrons. The molecule has 0 fully saturated rings. The van der Waals surface area contributed by atoms with Gasteiger partial charge in [0.05, 0.1) is 0 Å². The first-order chi connectivity index (χ1) is 6.22. The van der Waals surface area contributed by atoms with Gasteiger partial charge in [-0.05, 0) is 17.7 Å². The fourth-order valence-electron chi connectivity index (χ4n) is 0.840. The Morgan fingerprint density at radius 2 is 2.38 bits per heavy atom. The molecule has 0 unspecified atom stereocenters. The number of esters is 1. The van der Waals surface area contributed by atoms with Crippen LogP contribution < -0.4 is 0 Å². The second-order valence-electron chi connectivity index (χ2n) is 2.44. The lowest BCUT2D eigenvalue weighted by Gasteiger charge is -2.01. The zero-order chi connectivity index (χ0) is 9.68. The zero-order valence-electron chi connectivity index (χ0n) is 7.00. The third kappa shape index (κ3) is 3.30. The minimum Gasteiger partial charge on any atom is -0.458 e. The summed E-state index contributed by atoms with van der Waals surface area (Å²) in [6, 6.07) is 7.15. The fraction of sp³-hybridized carbons (Fsp3) is 0.100. The highest BCUT2D eigenvalue weighted by Gasteiger charge is 1.97. The van der Waals surface area contributed by atoms with E-state index in [1.165, 1.54) is 0 Å². The van der Waals surface area contributed by atoms with Gasteiger partial charge in [0.15, 0.2) is 0 Å². The standard InChI is InChI=1S/C10H9ClO2/c1-2-10(12)13-7-8-4-3-5-9(11)6-8/h2-6H,1,7H2. The van der Waals surface area contributed by atoms with Crippen molar-refractivity contribution in [1.82, 2.24) is 0 Å². The van der Waals surface area contributed by atoms with Crippen molar-refractivity contribution >= 4 is 17.6 Å². The highest BCUT2D eigenvalue weighted by atomic mass is 35.5. The first-order valence-corrected chi connectivity index (χ1v) is 4.14. The van der Waals surface area contributed by atoms with Gasteiger partial charge >= 0.3 is 5.97 Å². The Morgan fingerprint density at radius 1 is 1.62 bits per heavy atom. The van der Waals surface area contributed by atoms with Crippen molar-refractivity contribution in [2.45, 2.75) is 6.61 Å². The quantitative estimate of drug-likeness (QED) is 0.549. The fourth-order valence-corrected chi connectivity index (χ4v) is 1.05. The number of ether oxygens (including phenoxy) is 1. The van der Waals surface area contributed by atoms with Crippen molar-refractivity contribution in [1.29, 1.82) is 0 Å². The second-order valence-corrected chi connectivity index (χ2v) is 2.88. The van der Waals surface area contributed by atoms with Gasteiger partial charge in [-0.1, -0.05) is 30.3 Å². The van der Waals surface area contributed by atoms with Gasteiger partial charge in [0.25, 0.3) is 0 Å². The van der Waals surface area contributed by atoms with Crippen LogP contribution in [0.25, 0.3) is 0 Å². The number of hydrogen-bond donors (Lipinski definition) is 0. The molecule has 3 heteroatoms. The number of hydrogen-bond acceptors (Lipinski definition) is 2. The molecule has 0 heterocycles. The Bertz CT molecular complexity index is 320. The summed E-state index contributed by atoms with van der Waals surface area (Å²) in [7, 11) is 0. The Balaban J connectivity index is 2.54. The van der Waals surface area contributed by atoms with E-state index >= 15 is 0 Å². The lowest BCUT2D eigenvalue weighted by molar-refractivity contribution is -0.138. The van der Waals surface area contributed by atoms with E-state index in [0.717, 1.165) is 11.6 Å². The maximum Gasteiger partial charge on any atom is 0.330 e. The summed E-state index contributed by atoms with van der Waals surface area (Å²) in [4.78, 5) is 10.7. The topological polar surface area (TPSA) is 26.3 Å². The van der Waals surface area contributed by atoms with E-state index in [0.29, 0.717) is 5.02 Å². The summed E-state index contributed by atoms with van der Waals surface area (Å²) >= 11 is 5.73. The van der Waals surface area contributed by atoms with Gasteiger partial charge in [-0.25, -0.2) is 4.79 Å². The minimum absolute atomic E-state index is 0.228. The van der Waals surface area contributed by atoms with Crippen molar-refractivity contribution in [3.05, 3.63) is 47.5 Å². The highest BCUT2D eigenvalue weighted by molar-refractivity contribution is 6.30. The van der Waals surface area contributed by atoms with Gasteiger partial charge in [-0.2, -0.15) is 0 Å². The molecule has 0 bridgehead atoms. The SMILES string of the molecule is C=CC(=O)OCc1cccc(Cl)c1. The average molecular weight is 197 g/mol. The summed E-state index contributed by atoms with van der Waals surface area (Å²) < 4.78 is 4.82. The molecule has 0 N–H and O–H groups in total. The molecule has 0 spiro atoms. The number of benzene rings is 1. The van der Waals surface area contributed by atoms with E-state index in [1.807, 2.05) is 6.07 Å². The molecule has 2 nitrogen and oxygen atoms in total. The number of rotatable bonds is 3. The zero-order valence-corrected chi connectivity index (χ0v) is 7.75. The molecule has 0 aliphatic carbocycles.